The van der Waals surface area contributed by atoms with Crippen molar-refractivity contribution in [1.82, 2.24) is 20.0 Å². The number of hydrogen-bond acceptors (Lipinski definition) is 9. The molecule has 6 rings (SSSR count). The van der Waals surface area contributed by atoms with E-state index in [-0.39, 0.29) is 25.8 Å². The first-order chi connectivity index (χ1) is 24.8. The number of hydrogen-bond donors (Lipinski definition) is 1. The van der Waals surface area contributed by atoms with Crippen LogP contribution in [0.4, 0.5) is 0 Å². The number of aromatic nitrogens is 2. The number of benzene rings is 2. The number of carbonyl (C=O) groups is 4. The van der Waals surface area contributed by atoms with Gasteiger partial charge in [0.25, 0.3) is 0 Å². The highest BCUT2D eigenvalue weighted by molar-refractivity contribution is 7.93. The van der Waals surface area contributed by atoms with Gasteiger partial charge in [0.15, 0.2) is 15.6 Å². The van der Waals surface area contributed by atoms with Gasteiger partial charge in [0.1, 0.15) is 34.8 Å². The van der Waals surface area contributed by atoms with Crippen molar-refractivity contribution in [3.63, 3.8) is 0 Å². The maximum Gasteiger partial charge on any atom is 0.307 e. The number of likely N-dealkylation sites (tertiary alicyclic amines) is 1. The van der Waals surface area contributed by atoms with E-state index in [2.05, 4.69) is 17.0 Å². The number of carbonyl (C=O) groups excluding carboxylic acids is 4. The Morgan fingerprint density at radius 1 is 1.08 bits per heavy atom. The zero-order chi connectivity index (χ0) is 38.5. The average molecular weight is 747 g/mol. The topological polar surface area (TPSA) is 154 Å². The normalized spacial score (nSPS) is 23.7. The Morgan fingerprint density at radius 2 is 1.81 bits per heavy atom. The molecule has 2 saturated carbocycles. The van der Waals surface area contributed by atoms with Crippen LogP contribution in [0.2, 0.25) is 0 Å². The summed E-state index contributed by atoms with van der Waals surface area (Å²) in [5.41, 5.74) is -1.99. The van der Waals surface area contributed by atoms with Gasteiger partial charge in [-0.05, 0) is 81.2 Å². The molecule has 1 N–H and O–H groups in total. The first kappa shape index (κ1) is 38.2. The van der Waals surface area contributed by atoms with Gasteiger partial charge in [0.05, 0.1) is 29.8 Å². The van der Waals surface area contributed by atoms with Gasteiger partial charge in [-0.2, -0.15) is 5.10 Å². The number of fused-ring (bicyclic) bond motifs is 1. The number of sulfone groups is 1. The van der Waals surface area contributed by atoms with Gasteiger partial charge in [-0.15, -0.1) is 6.58 Å². The summed E-state index contributed by atoms with van der Waals surface area (Å²) >= 11 is 0. The van der Waals surface area contributed by atoms with Crippen LogP contribution < -0.4 is 10.1 Å². The third-order valence-electron chi connectivity index (χ3n) is 10.4. The molecule has 1 aliphatic heterocycles. The van der Waals surface area contributed by atoms with E-state index in [1.807, 2.05) is 69.4 Å². The number of ether oxygens (including phenoxy) is 2. The summed E-state index contributed by atoms with van der Waals surface area (Å²) in [7, 11) is -3.64. The first-order valence-electron chi connectivity index (χ1n) is 18.2. The summed E-state index contributed by atoms with van der Waals surface area (Å²) in [6.07, 6.45) is 5.68. The lowest BCUT2D eigenvalue weighted by Gasteiger charge is -2.35. The van der Waals surface area contributed by atoms with E-state index < -0.39 is 84.9 Å². The molecule has 13 heteroatoms. The molecule has 1 aromatic heterocycles. The van der Waals surface area contributed by atoms with Crippen molar-refractivity contribution in [2.24, 2.45) is 17.3 Å². The van der Waals surface area contributed by atoms with Crippen LogP contribution in [0.25, 0.3) is 16.5 Å². The number of nitrogens with zero attached hydrogens (tertiary/aromatic N) is 3. The number of ketones is 1. The highest BCUT2D eigenvalue weighted by Crippen LogP contribution is 2.46. The lowest BCUT2D eigenvalue weighted by Crippen LogP contribution is -2.55. The molecule has 0 spiro atoms. The van der Waals surface area contributed by atoms with Crippen molar-refractivity contribution in [3.05, 3.63) is 67.5 Å². The van der Waals surface area contributed by atoms with Gasteiger partial charge >= 0.3 is 5.97 Å². The minimum absolute atomic E-state index is 0.0431. The number of amides is 2. The average Bonchev–Trinajstić information content (AvgIpc) is 3.94. The largest absolute Gasteiger partial charge is 0.488 e. The van der Waals surface area contributed by atoms with Crippen molar-refractivity contribution >= 4 is 44.2 Å². The second-order valence-corrected chi connectivity index (χ2v) is 19.0. The molecular formula is C40H50N4O8S. The van der Waals surface area contributed by atoms with Crippen molar-refractivity contribution in [2.75, 3.05) is 12.3 Å². The maximum absolute atomic E-state index is 14.6. The summed E-state index contributed by atoms with van der Waals surface area (Å²) in [4.78, 5) is 57.1. The molecule has 3 aliphatic rings. The van der Waals surface area contributed by atoms with Gasteiger partial charge < -0.3 is 19.7 Å². The molecule has 0 bridgehead atoms. The fourth-order valence-electron chi connectivity index (χ4n) is 7.24. The van der Waals surface area contributed by atoms with Crippen LogP contribution in [0.15, 0.2) is 67.5 Å². The van der Waals surface area contributed by atoms with E-state index in [0.717, 1.165) is 16.5 Å². The Balaban J connectivity index is 1.29. The fraction of sp³-hybridized carbons (Fsp3) is 0.525. The third-order valence-corrected chi connectivity index (χ3v) is 12.5. The molecule has 5 atom stereocenters. The van der Waals surface area contributed by atoms with Crippen molar-refractivity contribution in [1.29, 1.82) is 0 Å². The fourth-order valence-corrected chi connectivity index (χ4v) is 8.96. The van der Waals surface area contributed by atoms with Crippen LogP contribution in [-0.2, 0) is 33.8 Å². The van der Waals surface area contributed by atoms with Crippen molar-refractivity contribution in [3.8, 4) is 11.4 Å². The third kappa shape index (κ3) is 8.35. The highest BCUT2D eigenvalue weighted by atomic mass is 32.2. The summed E-state index contributed by atoms with van der Waals surface area (Å²) in [6.45, 7) is 14.7. The maximum atomic E-state index is 14.6. The Kier molecular flexibility index (Phi) is 10.1. The van der Waals surface area contributed by atoms with Crippen LogP contribution in [0.5, 0.6) is 5.75 Å². The van der Waals surface area contributed by atoms with E-state index in [1.54, 1.807) is 37.7 Å². The minimum atomic E-state index is -3.64. The zero-order valence-electron chi connectivity index (χ0n) is 31.3. The Morgan fingerprint density at radius 3 is 2.42 bits per heavy atom. The monoisotopic (exact) mass is 746 g/mol. The smallest absolute Gasteiger partial charge is 0.307 e. The first-order valence-corrected chi connectivity index (χ1v) is 19.9. The molecule has 3 fully saturated rings. The molecule has 53 heavy (non-hydrogen) atoms. The van der Waals surface area contributed by atoms with Crippen LogP contribution in [0.3, 0.4) is 0 Å². The predicted molar refractivity (Wildman–Crippen MR) is 200 cm³/mol. The van der Waals surface area contributed by atoms with Crippen LogP contribution in [0.1, 0.15) is 73.6 Å². The van der Waals surface area contributed by atoms with E-state index in [1.165, 1.54) is 4.90 Å². The number of rotatable bonds is 13. The predicted octanol–water partition coefficient (Wildman–Crippen LogP) is 4.98. The molecule has 2 aromatic carbocycles. The molecule has 0 radical (unpaired) electrons. The van der Waals surface area contributed by atoms with Crippen molar-refractivity contribution < 1.29 is 37.1 Å². The molecule has 3 aromatic rings. The Labute approximate surface area is 311 Å². The lowest BCUT2D eigenvalue weighted by molar-refractivity contribution is -0.161. The SMILES string of the molecule is C=C[C@@H]1C[C@]1(NC(=O)[C@@H]1C[C@@H](Oc2cccc3cc(-n4cccn4)ccc23)CN1C(=O)[C@@H](CC(=O)OC(C)(C)C)C(C)(C)C)C(=O)CS(=O)(=O)C1CC1. The second kappa shape index (κ2) is 14.0. The summed E-state index contributed by atoms with van der Waals surface area (Å²) in [6, 6.07) is 12.3. The van der Waals surface area contributed by atoms with Gasteiger partial charge in [0, 0.05) is 30.1 Å². The number of esters is 1. The van der Waals surface area contributed by atoms with E-state index in [0.29, 0.717) is 18.6 Å². The summed E-state index contributed by atoms with van der Waals surface area (Å²) < 4.78 is 39.6. The van der Waals surface area contributed by atoms with Gasteiger partial charge in [-0.3, -0.25) is 19.2 Å². The second-order valence-electron chi connectivity index (χ2n) is 16.7. The quantitative estimate of drug-likeness (QED) is 0.189. The van der Waals surface area contributed by atoms with Crippen LogP contribution in [-0.4, -0.2) is 87.5 Å². The minimum Gasteiger partial charge on any atom is -0.488 e. The Hall–Kier alpha value is -4.52. The number of Topliss-reactive ketones (excluding diaryl/α,β-unsaturated/α-hetero) is 1. The van der Waals surface area contributed by atoms with Crippen LogP contribution in [0, 0.1) is 17.3 Å². The summed E-state index contributed by atoms with van der Waals surface area (Å²) in [5, 5.41) is 8.43. The van der Waals surface area contributed by atoms with Gasteiger partial charge in [-0.25, -0.2) is 13.1 Å². The molecule has 12 nitrogen and oxygen atoms in total. The molecule has 2 amide bonds. The van der Waals surface area contributed by atoms with E-state index in [4.69, 9.17) is 9.47 Å². The van der Waals surface area contributed by atoms with Crippen LogP contribution >= 0.6 is 0 Å². The molecule has 2 heterocycles. The van der Waals surface area contributed by atoms with Gasteiger partial charge in [0.2, 0.25) is 11.8 Å². The number of nitrogens with one attached hydrogen (secondary N) is 1. The lowest BCUT2D eigenvalue weighted by atomic mass is 9.77. The standard InChI is InChI=1S/C40H50N4O8S/c1-8-26-22-40(26,34(45)24-53(49,50)29-14-15-29)42-36(47)32-20-28(23-43(32)37(48)31(38(2,3)4)21-35(46)52-39(5,6)7)51-33-12-9-11-25-19-27(13-16-30(25)33)44-18-10-17-41-44/h8-13,16-19,26,28-29,31-32H,1,14-15,20-24H2,2-7H3,(H,42,47)/t26-,28-,31-,32+,40-/m1/s1. The molecule has 1 saturated heterocycles. The van der Waals surface area contributed by atoms with Gasteiger partial charge in [-0.1, -0.05) is 39.0 Å². The molecule has 284 valence electrons. The van der Waals surface area contributed by atoms with E-state index in [9.17, 15) is 27.6 Å². The summed E-state index contributed by atoms with van der Waals surface area (Å²) in [5.74, 6) is -3.48. The van der Waals surface area contributed by atoms with Crippen molar-refractivity contribution in [2.45, 2.75) is 102 Å². The zero-order valence-corrected chi connectivity index (χ0v) is 32.1. The Bertz CT molecular complexity index is 2030. The van der Waals surface area contributed by atoms with E-state index >= 15 is 0 Å². The molecular weight excluding hydrogens is 697 g/mol. The highest BCUT2D eigenvalue weighted by Gasteiger charge is 2.61. The molecule has 2 aliphatic carbocycles. The molecule has 0 unspecified atom stereocenters.